The summed E-state index contributed by atoms with van der Waals surface area (Å²) in [5.74, 6) is 0.739. The number of nitrogens with zero attached hydrogens (tertiary/aromatic N) is 1. The topological polar surface area (TPSA) is 64.9 Å². The van der Waals surface area contributed by atoms with Crippen molar-refractivity contribution in [2.24, 2.45) is 5.92 Å². The van der Waals surface area contributed by atoms with Crippen molar-refractivity contribution in [1.29, 1.82) is 5.26 Å². The van der Waals surface area contributed by atoms with Gasteiger partial charge < -0.3 is 10.6 Å². The van der Waals surface area contributed by atoms with Gasteiger partial charge in [-0.3, -0.25) is 4.79 Å². The SMILES string of the molecule is CCC(CC#N)NC(=O)CCC1CCCNC1. The molecule has 2 N–H and O–H groups in total. The summed E-state index contributed by atoms with van der Waals surface area (Å²) in [7, 11) is 0. The van der Waals surface area contributed by atoms with E-state index < -0.39 is 0 Å². The monoisotopic (exact) mass is 237 g/mol. The predicted molar refractivity (Wildman–Crippen MR) is 67.3 cm³/mol. The minimum atomic E-state index is 0.0250. The Kier molecular flexibility index (Phi) is 6.64. The molecule has 1 heterocycles. The lowest BCUT2D eigenvalue weighted by Gasteiger charge is -2.22. The highest BCUT2D eigenvalue weighted by molar-refractivity contribution is 5.76. The molecule has 0 aromatic heterocycles. The molecule has 0 aliphatic carbocycles. The van der Waals surface area contributed by atoms with Gasteiger partial charge in [0, 0.05) is 12.5 Å². The lowest BCUT2D eigenvalue weighted by Crippen LogP contribution is -2.35. The van der Waals surface area contributed by atoms with Crippen molar-refractivity contribution in [3.8, 4) is 6.07 Å². The number of nitrogens with one attached hydrogen (secondary N) is 2. The van der Waals surface area contributed by atoms with Crippen LogP contribution in [0.15, 0.2) is 0 Å². The Hall–Kier alpha value is -1.08. The molecular weight excluding hydrogens is 214 g/mol. The normalized spacial score (nSPS) is 21.5. The van der Waals surface area contributed by atoms with Gasteiger partial charge in [0.2, 0.25) is 5.91 Å². The molecule has 1 saturated heterocycles. The second-order valence-electron chi connectivity index (χ2n) is 4.79. The fraction of sp³-hybridized carbons (Fsp3) is 0.846. The first-order valence-corrected chi connectivity index (χ1v) is 6.63. The van der Waals surface area contributed by atoms with Crippen molar-refractivity contribution in [2.75, 3.05) is 13.1 Å². The maximum Gasteiger partial charge on any atom is 0.220 e. The summed E-state index contributed by atoms with van der Waals surface area (Å²) in [5, 5.41) is 14.9. The molecule has 2 unspecified atom stereocenters. The van der Waals surface area contributed by atoms with Gasteiger partial charge in [-0.15, -0.1) is 0 Å². The van der Waals surface area contributed by atoms with E-state index in [1.54, 1.807) is 0 Å². The summed E-state index contributed by atoms with van der Waals surface area (Å²) in [4.78, 5) is 11.7. The van der Waals surface area contributed by atoms with Gasteiger partial charge in [0.15, 0.2) is 0 Å². The molecule has 1 fully saturated rings. The van der Waals surface area contributed by atoms with Crippen LogP contribution in [0.2, 0.25) is 0 Å². The van der Waals surface area contributed by atoms with E-state index in [1.165, 1.54) is 12.8 Å². The van der Waals surface area contributed by atoms with E-state index in [-0.39, 0.29) is 11.9 Å². The van der Waals surface area contributed by atoms with E-state index in [2.05, 4.69) is 16.7 Å². The summed E-state index contributed by atoms with van der Waals surface area (Å²) < 4.78 is 0. The van der Waals surface area contributed by atoms with Crippen molar-refractivity contribution in [3.05, 3.63) is 0 Å². The van der Waals surface area contributed by atoms with Crippen molar-refractivity contribution < 1.29 is 4.79 Å². The van der Waals surface area contributed by atoms with Crippen LogP contribution in [0.1, 0.15) is 45.4 Å². The predicted octanol–water partition coefficient (Wildman–Crippen LogP) is 1.57. The molecule has 4 nitrogen and oxygen atoms in total. The third-order valence-corrected chi connectivity index (χ3v) is 3.37. The number of hydrogen-bond acceptors (Lipinski definition) is 3. The van der Waals surface area contributed by atoms with E-state index in [4.69, 9.17) is 5.26 Å². The quantitative estimate of drug-likeness (QED) is 0.737. The Morgan fingerprint density at radius 3 is 3.06 bits per heavy atom. The van der Waals surface area contributed by atoms with Crippen LogP contribution in [0.25, 0.3) is 0 Å². The number of nitriles is 1. The maximum absolute atomic E-state index is 11.7. The second-order valence-corrected chi connectivity index (χ2v) is 4.79. The van der Waals surface area contributed by atoms with E-state index >= 15 is 0 Å². The number of carbonyl (C=O) groups is 1. The molecular formula is C13H23N3O. The highest BCUT2D eigenvalue weighted by Gasteiger charge is 2.15. The lowest BCUT2D eigenvalue weighted by atomic mass is 9.94. The molecule has 0 aromatic carbocycles. The second kappa shape index (κ2) is 8.08. The summed E-state index contributed by atoms with van der Waals surface area (Å²) in [6, 6.07) is 2.13. The highest BCUT2D eigenvalue weighted by atomic mass is 16.1. The lowest BCUT2D eigenvalue weighted by molar-refractivity contribution is -0.122. The van der Waals surface area contributed by atoms with Crippen LogP contribution in [0.3, 0.4) is 0 Å². The molecule has 17 heavy (non-hydrogen) atoms. The smallest absolute Gasteiger partial charge is 0.220 e. The van der Waals surface area contributed by atoms with Crippen LogP contribution < -0.4 is 10.6 Å². The van der Waals surface area contributed by atoms with Crippen molar-refractivity contribution in [2.45, 2.75) is 51.5 Å². The van der Waals surface area contributed by atoms with Crippen LogP contribution >= 0.6 is 0 Å². The van der Waals surface area contributed by atoms with Gasteiger partial charge in [0.05, 0.1) is 12.5 Å². The van der Waals surface area contributed by atoms with Crippen LogP contribution in [-0.2, 0) is 4.79 Å². The van der Waals surface area contributed by atoms with Crippen LogP contribution in [-0.4, -0.2) is 25.0 Å². The number of hydrogen-bond donors (Lipinski definition) is 2. The first-order valence-electron chi connectivity index (χ1n) is 6.63. The molecule has 96 valence electrons. The number of carbonyl (C=O) groups excluding carboxylic acids is 1. The fourth-order valence-corrected chi connectivity index (χ4v) is 2.21. The average molecular weight is 237 g/mol. The van der Waals surface area contributed by atoms with Crippen LogP contribution in [0.4, 0.5) is 0 Å². The molecule has 0 spiro atoms. The zero-order valence-corrected chi connectivity index (χ0v) is 10.7. The van der Waals surface area contributed by atoms with Gasteiger partial charge in [-0.05, 0) is 44.7 Å². The van der Waals surface area contributed by atoms with Crippen molar-refractivity contribution in [1.82, 2.24) is 10.6 Å². The maximum atomic E-state index is 11.7. The Labute approximate surface area is 104 Å². The summed E-state index contributed by atoms with van der Waals surface area (Å²) >= 11 is 0. The Balaban J connectivity index is 2.17. The Bertz CT molecular complexity index is 266. The van der Waals surface area contributed by atoms with Crippen molar-refractivity contribution >= 4 is 5.91 Å². The fourth-order valence-electron chi connectivity index (χ4n) is 2.21. The zero-order valence-electron chi connectivity index (χ0n) is 10.7. The number of piperidine rings is 1. The van der Waals surface area contributed by atoms with E-state index in [0.717, 1.165) is 25.9 Å². The molecule has 1 aliphatic heterocycles. The molecule has 1 aliphatic rings. The first kappa shape index (κ1) is 14.0. The van der Waals surface area contributed by atoms with Gasteiger partial charge in [-0.2, -0.15) is 5.26 Å². The summed E-state index contributed by atoms with van der Waals surface area (Å²) in [5.41, 5.74) is 0. The van der Waals surface area contributed by atoms with E-state index in [1.807, 2.05) is 6.92 Å². The highest BCUT2D eigenvalue weighted by Crippen LogP contribution is 2.15. The summed E-state index contributed by atoms with van der Waals surface area (Å²) in [6.07, 6.45) is 5.24. The number of rotatable bonds is 6. The van der Waals surface area contributed by atoms with Gasteiger partial charge in [-0.1, -0.05) is 6.92 Å². The molecule has 0 radical (unpaired) electrons. The summed E-state index contributed by atoms with van der Waals surface area (Å²) in [6.45, 7) is 4.15. The Morgan fingerprint density at radius 1 is 1.65 bits per heavy atom. The molecule has 0 aromatic rings. The average Bonchev–Trinajstić information content (AvgIpc) is 2.37. The first-order chi connectivity index (χ1) is 8.26. The van der Waals surface area contributed by atoms with Gasteiger partial charge >= 0.3 is 0 Å². The molecule has 0 bridgehead atoms. The minimum absolute atomic E-state index is 0.0250. The van der Waals surface area contributed by atoms with Crippen molar-refractivity contribution in [3.63, 3.8) is 0 Å². The van der Waals surface area contributed by atoms with Gasteiger partial charge in [0.1, 0.15) is 0 Å². The molecule has 0 saturated carbocycles. The molecule has 1 rings (SSSR count). The standard InChI is InChI=1S/C13H23N3O/c1-2-12(7-8-14)16-13(17)6-5-11-4-3-9-15-10-11/h11-12,15H,2-7,9-10H2,1H3,(H,16,17). The Morgan fingerprint density at radius 2 is 2.47 bits per heavy atom. The molecule has 1 amide bonds. The van der Waals surface area contributed by atoms with Crippen LogP contribution in [0, 0.1) is 17.2 Å². The molecule has 4 heteroatoms. The minimum Gasteiger partial charge on any atom is -0.352 e. The third kappa shape index (κ3) is 5.69. The number of amides is 1. The largest absolute Gasteiger partial charge is 0.352 e. The third-order valence-electron chi connectivity index (χ3n) is 3.37. The van der Waals surface area contributed by atoms with Crippen LogP contribution in [0.5, 0.6) is 0 Å². The molecule has 2 atom stereocenters. The van der Waals surface area contributed by atoms with E-state index in [0.29, 0.717) is 18.8 Å². The zero-order chi connectivity index (χ0) is 12.5. The van der Waals surface area contributed by atoms with E-state index in [9.17, 15) is 4.79 Å². The van der Waals surface area contributed by atoms with Gasteiger partial charge in [0.25, 0.3) is 0 Å². The van der Waals surface area contributed by atoms with Gasteiger partial charge in [-0.25, -0.2) is 0 Å².